The number of carbonyl (C=O) groups is 2. The minimum Gasteiger partial charge on any atom is -0.480 e. The molecule has 0 heterocycles. The summed E-state index contributed by atoms with van der Waals surface area (Å²) in [7, 11) is 0. The average Bonchev–Trinajstić information content (AvgIpc) is 3.15. The number of benzene rings is 2. The van der Waals surface area contributed by atoms with E-state index in [1.54, 1.807) is 30.3 Å². The number of carboxylic acids is 1. The quantitative estimate of drug-likeness (QED) is 0.673. The van der Waals surface area contributed by atoms with Crippen molar-refractivity contribution in [1.82, 2.24) is 5.32 Å². The van der Waals surface area contributed by atoms with Crippen molar-refractivity contribution < 1.29 is 14.7 Å². The van der Waals surface area contributed by atoms with Gasteiger partial charge < -0.3 is 10.4 Å². The molecule has 4 nitrogen and oxygen atoms in total. The van der Waals surface area contributed by atoms with Gasteiger partial charge in [-0.05, 0) is 48.2 Å². The highest BCUT2D eigenvalue weighted by Gasteiger charge is 2.26. The molecule has 0 bridgehead atoms. The Bertz CT molecular complexity index is 830. The molecule has 1 saturated carbocycles. The van der Waals surface area contributed by atoms with Gasteiger partial charge in [-0.3, -0.25) is 4.79 Å². The van der Waals surface area contributed by atoms with E-state index in [2.05, 4.69) is 5.32 Å². The van der Waals surface area contributed by atoms with E-state index in [-0.39, 0.29) is 0 Å². The molecule has 0 aliphatic heterocycles. The molecule has 2 aromatic carbocycles. The minimum atomic E-state index is -0.998. The lowest BCUT2D eigenvalue weighted by atomic mass is 9.98. The van der Waals surface area contributed by atoms with Crippen molar-refractivity contribution in [3.63, 3.8) is 0 Å². The van der Waals surface area contributed by atoms with Crippen LogP contribution in [0.5, 0.6) is 0 Å². The zero-order chi connectivity index (χ0) is 19.4. The summed E-state index contributed by atoms with van der Waals surface area (Å²) >= 11 is 12.2. The Morgan fingerprint density at radius 1 is 1.07 bits per heavy atom. The molecule has 6 heteroatoms. The van der Waals surface area contributed by atoms with Gasteiger partial charge in [0, 0.05) is 21.2 Å². The molecule has 3 rings (SSSR count). The van der Waals surface area contributed by atoms with E-state index >= 15 is 0 Å². The zero-order valence-corrected chi connectivity index (χ0v) is 16.3. The van der Waals surface area contributed by atoms with Crippen LogP contribution in [0.2, 0.25) is 10.0 Å². The Hall–Kier alpha value is -2.04. The number of nitrogens with one attached hydrogen (secondary N) is 1. The number of halogens is 2. The van der Waals surface area contributed by atoms with Crippen molar-refractivity contribution in [2.24, 2.45) is 5.92 Å². The van der Waals surface area contributed by atoms with Gasteiger partial charge in [0.05, 0.1) is 0 Å². The van der Waals surface area contributed by atoms with Crippen LogP contribution < -0.4 is 5.32 Å². The number of hydrogen-bond acceptors (Lipinski definition) is 2. The summed E-state index contributed by atoms with van der Waals surface area (Å²) in [5, 5.41) is 13.3. The average molecular weight is 406 g/mol. The monoisotopic (exact) mass is 405 g/mol. The first-order valence-corrected chi connectivity index (χ1v) is 9.79. The first-order valence-electron chi connectivity index (χ1n) is 9.03. The number of carbonyl (C=O) groups excluding carboxylic acids is 1. The molecule has 1 atom stereocenters. The predicted octanol–water partition coefficient (Wildman–Crippen LogP) is 5.42. The summed E-state index contributed by atoms with van der Waals surface area (Å²) in [5.74, 6) is -1.05. The summed E-state index contributed by atoms with van der Waals surface area (Å²) in [5.41, 5.74) is 1.91. The molecule has 2 N–H and O–H groups in total. The second-order valence-electron chi connectivity index (χ2n) is 6.95. The van der Waals surface area contributed by atoms with E-state index in [4.69, 9.17) is 23.2 Å². The van der Waals surface area contributed by atoms with E-state index in [0.717, 1.165) is 31.2 Å². The highest BCUT2D eigenvalue weighted by atomic mass is 35.5. The van der Waals surface area contributed by atoms with Crippen LogP contribution in [0.1, 0.15) is 42.5 Å². The third kappa shape index (κ3) is 5.02. The lowest BCUT2D eigenvalue weighted by Gasteiger charge is -2.18. The number of hydrogen-bond donors (Lipinski definition) is 2. The van der Waals surface area contributed by atoms with Crippen molar-refractivity contribution in [1.29, 1.82) is 0 Å². The van der Waals surface area contributed by atoms with Crippen molar-refractivity contribution in [2.45, 2.75) is 38.1 Å². The fourth-order valence-corrected chi connectivity index (χ4v) is 3.91. The van der Waals surface area contributed by atoms with Crippen molar-refractivity contribution >= 4 is 35.1 Å². The Morgan fingerprint density at radius 2 is 1.74 bits per heavy atom. The minimum absolute atomic E-state index is 0.362. The number of aliphatic carboxylic acids is 1. The van der Waals surface area contributed by atoms with E-state index in [1.165, 1.54) is 0 Å². The Labute approximate surface area is 168 Å². The van der Waals surface area contributed by atoms with Gasteiger partial charge in [0.1, 0.15) is 6.04 Å². The normalized spacial score (nSPS) is 15.5. The van der Waals surface area contributed by atoms with Gasteiger partial charge in [-0.1, -0.05) is 61.0 Å². The van der Waals surface area contributed by atoms with Crippen molar-refractivity contribution in [3.8, 4) is 11.1 Å². The fraction of sp³-hybridized carbons (Fsp3) is 0.333. The third-order valence-corrected chi connectivity index (χ3v) is 5.61. The van der Waals surface area contributed by atoms with Crippen LogP contribution in [0.3, 0.4) is 0 Å². The maximum Gasteiger partial charge on any atom is 0.326 e. The molecule has 0 unspecified atom stereocenters. The zero-order valence-electron chi connectivity index (χ0n) is 14.8. The van der Waals surface area contributed by atoms with Crippen LogP contribution in [-0.4, -0.2) is 23.0 Å². The highest BCUT2D eigenvalue weighted by Crippen LogP contribution is 2.31. The molecule has 27 heavy (non-hydrogen) atoms. The molecule has 1 aliphatic carbocycles. The topological polar surface area (TPSA) is 66.4 Å². The molecule has 0 aromatic heterocycles. The second-order valence-corrected chi connectivity index (χ2v) is 7.80. The van der Waals surface area contributed by atoms with Gasteiger partial charge in [-0.25, -0.2) is 4.79 Å². The number of carboxylic acid groups (broad SMARTS) is 1. The van der Waals surface area contributed by atoms with Gasteiger partial charge in [0.25, 0.3) is 5.91 Å². The van der Waals surface area contributed by atoms with Crippen LogP contribution >= 0.6 is 23.2 Å². The molecular weight excluding hydrogens is 385 g/mol. The molecule has 142 valence electrons. The Morgan fingerprint density at radius 3 is 2.37 bits per heavy atom. The van der Waals surface area contributed by atoms with Gasteiger partial charge in [-0.2, -0.15) is 0 Å². The van der Waals surface area contributed by atoms with Gasteiger partial charge in [-0.15, -0.1) is 0 Å². The predicted molar refractivity (Wildman–Crippen MR) is 107 cm³/mol. The van der Waals surface area contributed by atoms with E-state index < -0.39 is 17.9 Å². The van der Waals surface area contributed by atoms with Crippen LogP contribution in [-0.2, 0) is 4.79 Å². The van der Waals surface area contributed by atoms with Gasteiger partial charge in [0.2, 0.25) is 0 Å². The van der Waals surface area contributed by atoms with Crippen LogP contribution in [0.15, 0.2) is 42.5 Å². The maximum atomic E-state index is 12.6. The van der Waals surface area contributed by atoms with Crippen LogP contribution in [0.4, 0.5) is 0 Å². The maximum absolute atomic E-state index is 12.6. The van der Waals surface area contributed by atoms with E-state index in [9.17, 15) is 14.7 Å². The molecule has 1 amide bonds. The largest absolute Gasteiger partial charge is 0.480 e. The highest BCUT2D eigenvalue weighted by molar-refractivity contribution is 6.33. The summed E-state index contributed by atoms with van der Waals surface area (Å²) < 4.78 is 0. The molecular formula is C21H21Cl2NO3. The third-order valence-electron chi connectivity index (χ3n) is 5.03. The molecule has 0 radical (unpaired) electrons. The molecule has 2 aromatic rings. The first-order chi connectivity index (χ1) is 12.9. The summed E-state index contributed by atoms with van der Waals surface area (Å²) in [6, 6.07) is 11.2. The Balaban J connectivity index is 1.78. The first kappa shape index (κ1) is 19.7. The lowest BCUT2D eigenvalue weighted by Crippen LogP contribution is -2.41. The smallest absolute Gasteiger partial charge is 0.326 e. The van der Waals surface area contributed by atoms with E-state index in [1.807, 2.05) is 12.1 Å². The number of rotatable bonds is 6. The van der Waals surface area contributed by atoms with Gasteiger partial charge in [0.15, 0.2) is 0 Å². The van der Waals surface area contributed by atoms with Gasteiger partial charge >= 0.3 is 5.97 Å². The van der Waals surface area contributed by atoms with Crippen molar-refractivity contribution in [2.75, 3.05) is 0 Å². The summed E-state index contributed by atoms with van der Waals surface area (Å²) in [6.45, 7) is 0. The molecule has 1 fully saturated rings. The molecule has 0 saturated heterocycles. The Kier molecular flexibility index (Phi) is 6.40. The summed E-state index contributed by atoms with van der Waals surface area (Å²) in [4.78, 5) is 24.2. The summed E-state index contributed by atoms with van der Waals surface area (Å²) in [6.07, 6.45) is 4.79. The lowest BCUT2D eigenvalue weighted by molar-refractivity contribution is -0.139. The van der Waals surface area contributed by atoms with Crippen LogP contribution in [0, 0.1) is 5.92 Å². The number of amides is 1. The fourth-order valence-electron chi connectivity index (χ4n) is 3.56. The SMILES string of the molecule is O=C(N[C@@H](CC1CCCC1)C(=O)O)c1ccc(Cl)c(-c2ccc(Cl)cc2)c1. The van der Waals surface area contributed by atoms with Crippen LogP contribution in [0.25, 0.3) is 11.1 Å². The second kappa shape index (κ2) is 8.77. The van der Waals surface area contributed by atoms with E-state index in [0.29, 0.717) is 33.5 Å². The molecule has 1 aliphatic rings. The molecule has 0 spiro atoms. The standard InChI is InChI=1S/C21H21Cl2NO3/c22-16-8-5-14(6-9-16)17-12-15(7-10-18(17)23)20(25)24-19(21(26)27)11-13-3-1-2-4-13/h5-10,12-13,19H,1-4,11H2,(H,24,25)(H,26,27)/t19-/m0/s1. The van der Waals surface area contributed by atoms with Crippen molar-refractivity contribution in [3.05, 3.63) is 58.1 Å².